The quantitative estimate of drug-likeness (QED) is 0.748. The SMILES string of the molecule is COc1cc(F)ccc1-c1nc2ccccc2[nH]1. The zero-order chi connectivity index (χ0) is 12.5. The fraction of sp³-hybridized carbons (Fsp3) is 0.0714. The van der Waals surface area contributed by atoms with Crippen LogP contribution in [0.15, 0.2) is 42.5 Å². The fourth-order valence-corrected chi connectivity index (χ4v) is 1.94. The van der Waals surface area contributed by atoms with E-state index in [0.717, 1.165) is 16.6 Å². The molecule has 90 valence electrons. The number of benzene rings is 2. The normalized spacial score (nSPS) is 10.8. The van der Waals surface area contributed by atoms with Gasteiger partial charge in [-0.1, -0.05) is 12.1 Å². The number of rotatable bonds is 2. The Morgan fingerprint density at radius 1 is 1.17 bits per heavy atom. The third-order valence-electron chi connectivity index (χ3n) is 2.81. The summed E-state index contributed by atoms with van der Waals surface area (Å²) in [4.78, 5) is 7.66. The van der Waals surface area contributed by atoms with Crippen molar-refractivity contribution in [3.8, 4) is 17.1 Å². The number of imidazole rings is 1. The van der Waals surface area contributed by atoms with Crippen molar-refractivity contribution in [3.63, 3.8) is 0 Å². The molecule has 0 aliphatic carbocycles. The maximum absolute atomic E-state index is 13.1. The van der Waals surface area contributed by atoms with Crippen LogP contribution in [-0.2, 0) is 0 Å². The number of nitrogens with one attached hydrogen (secondary N) is 1. The number of aromatic amines is 1. The van der Waals surface area contributed by atoms with E-state index in [1.165, 1.54) is 19.2 Å². The summed E-state index contributed by atoms with van der Waals surface area (Å²) in [6, 6.07) is 12.1. The van der Waals surface area contributed by atoms with E-state index < -0.39 is 0 Å². The molecule has 4 heteroatoms. The molecule has 0 amide bonds. The number of hydrogen-bond donors (Lipinski definition) is 1. The first-order valence-electron chi connectivity index (χ1n) is 5.56. The highest BCUT2D eigenvalue weighted by atomic mass is 19.1. The van der Waals surface area contributed by atoms with Gasteiger partial charge < -0.3 is 9.72 Å². The van der Waals surface area contributed by atoms with Crippen molar-refractivity contribution in [2.45, 2.75) is 0 Å². The topological polar surface area (TPSA) is 37.9 Å². The predicted octanol–water partition coefficient (Wildman–Crippen LogP) is 3.38. The number of methoxy groups -OCH3 is 1. The number of fused-ring (bicyclic) bond motifs is 1. The van der Waals surface area contributed by atoms with Crippen molar-refractivity contribution >= 4 is 11.0 Å². The first-order chi connectivity index (χ1) is 8.78. The second kappa shape index (κ2) is 4.14. The van der Waals surface area contributed by atoms with E-state index in [-0.39, 0.29) is 5.82 Å². The van der Waals surface area contributed by atoms with Crippen LogP contribution in [0.25, 0.3) is 22.4 Å². The Bertz CT molecular complexity index is 673. The van der Waals surface area contributed by atoms with Crippen LogP contribution in [0, 0.1) is 5.82 Å². The lowest BCUT2D eigenvalue weighted by molar-refractivity contribution is 0.412. The lowest BCUT2D eigenvalue weighted by Gasteiger charge is -2.05. The number of ether oxygens (including phenoxy) is 1. The molecule has 0 fully saturated rings. The first-order valence-corrected chi connectivity index (χ1v) is 5.56. The molecule has 3 rings (SSSR count). The van der Waals surface area contributed by atoms with Gasteiger partial charge in [-0.15, -0.1) is 0 Å². The van der Waals surface area contributed by atoms with Crippen LogP contribution in [0.4, 0.5) is 4.39 Å². The summed E-state index contributed by atoms with van der Waals surface area (Å²) in [5, 5.41) is 0. The van der Waals surface area contributed by atoms with Gasteiger partial charge in [-0.05, 0) is 24.3 Å². The van der Waals surface area contributed by atoms with E-state index in [1.807, 2.05) is 24.3 Å². The smallest absolute Gasteiger partial charge is 0.142 e. The molecule has 18 heavy (non-hydrogen) atoms. The van der Waals surface area contributed by atoms with Gasteiger partial charge in [0.05, 0.1) is 23.7 Å². The predicted molar refractivity (Wildman–Crippen MR) is 68.0 cm³/mol. The summed E-state index contributed by atoms with van der Waals surface area (Å²) >= 11 is 0. The van der Waals surface area contributed by atoms with E-state index >= 15 is 0 Å². The van der Waals surface area contributed by atoms with Gasteiger partial charge in [0.2, 0.25) is 0 Å². The van der Waals surface area contributed by atoms with Crippen LogP contribution in [0.1, 0.15) is 0 Å². The lowest BCUT2D eigenvalue weighted by Crippen LogP contribution is -1.90. The molecular formula is C14H11FN2O. The molecule has 0 radical (unpaired) electrons. The van der Waals surface area contributed by atoms with Crippen molar-refractivity contribution in [3.05, 3.63) is 48.3 Å². The first kappa shape index (κ1) is 10.8. The summed E-state index contributed by atoms with van der Waals surface area (Å²) in [5.41, 5.74) is 2.56. The van der Waals surface area contributed by atoms with E-state index in [1.54, 1.807) is 6.07 Å². The Balaban J connectivity index is 2.19. The fourth-order valence-electron chi connectivity index (χ4n) is 1.94. The van der Waals surface area contributed by atoms with E-state index in [0.29, 0.717) is 11.6 Å². The standard InChI is InChI=1S/C14H11FN2O/c1-18-13-8-9(15)6-7-10(13)14-16-11-4-2-3-5-12(11)17-14/h2-8H,1H3,(H,16,17). The second-order valence-corrected chi connectivity index (χ2v) is 3.95. The average molecular weight is 242 g/mol. The summed E-state index contributed by atoms with van der Waals surface area (Å²) in [6.45, 7) is 0. The minimum atomic E-state index is -0.327. The van der Waals surface area contributed by atoms with Crippen LogP contribution in [0.5, 0.6) is 5.75 Å². The number of aromatic nitrogens is 2. The molecule has 0 aliphatic heterocycles. The lowest BCUT2D eigenvalue weighted by atomic mass is 10.2. The molecule has 2 aromatic carbocycles. The number of hydrogen-bond acceptors (Lipinski definition) is 2. The van der Waals surface area contributed by atoms with Crippen molar-refractivity contribution in [2.75, 3.05) is 7.11 Å². The minimum absolute atomic E-state index is 0.327. The van der Waals surface area contributed by atoms with E-state index in [9.17, 15) is 4.39 Å². The van der Waals surface area contributed by atoms with Gasteiger partial charge in [0.15, 0.2) is 0 Å². The largest absolute Gasteiger partial charge is 0.496 e. The second-order valence-electron chi connectivity index (χ2n) is 3.95. The molecule has 1 heterocycles. The molecule has 0 aliphatic rings. The third kappa shape index (κ3) is 1.72. The zero-order valence-electron chi connectivity index (χ0n) is 9.77. The number of para-hydroxylation sites is 2. The van der Waals surface area contributed by atoms with Crippen LogP contribution in [0.2, 0.25) is 0 Å². The van der Waals surface area contributed by atoms with Crippen molar-refractivity contribution in [2.24, 2.45) is 0 Å². The molecule has 0 unspecified atom stereocenters. The van der Waals surface area contributed by atoms with Crippen molar-refractivity contribution < 1.29 is 9.13 Å². The van der Waals surface area contributed by atoms with Gasteiger partial charge >= 0.3 is 0 Å². The average Bonchev–Trinajstić information content (AvgIpc) is 2.82. The Morgan fingerprint density at radius 2 is 2.00 bits per heavy atom. The van der Waals surface area contributed by atoms with Gasteiger partial charge in [0.25, 0.3) is 0 Å². The summed E-state index contributed by atoms with van der Waals surface area (Å²) in [5.74, 6) is 0.814. The maximum Gasteiger partial charge on any atom is 0.142 e. The summed E-state index contributed by atoms with van der Waals surface area (Å²) in [7, 11) is 1.51. The van der Waals surface area contributed by atoms with Gasteiger partial charge in [0.1, 0.15) is 17.4 Å². The monoisotopic (exact) mass is 242 g/mol. The van der Waals surface area contributed by atoms with Crippen molar-refractivity contribution in [1.29, 1.82) is 0 Å². The molecule has 1 N–H and O–H groups in total. The van der Waals surface area contributed by atoms with E-state index in [2.05, 4.69) is 9.97 Å². The number of H-pyrrole nitrogens is 1. The summed E-state index contributed by atoms with van der Waals surface area (Å²) in [6.07, 6.45) is 0. The maximum atomic E-state index is 13.1. The number of halogens is 1. The minimum Gasteiger partial charge on any atom is -0.496 e. The number of nitrogens with zero attached hydrogens (tertiary/aromatic N) is 1. The molecule has 3 aromatic rings. The highest BCUT2D eigenvalue weighted by molar-refractivity contribution is 5.80. The molecule has 1 aromatic heterocycles. The van der Waals surface area contributed by atoms with Crippen LogP contribution < -0.4 is 4.74 Å². The Labute approximate surface area is 103 Å². The molecular weight excluding hydrogens is 231 g/mol. The Morgan fingerprint density at radius 3 is 2.78 bits per heavy atom. The van der Waals surface area contributed by atoms with Crippen LogP contribution in [-0.4, -0.2) is 17.1 Å². The summed E-state index contributed by atoms with van der Waals surface area (Å²) < 4.78 is 18.3. The van der Waals surface area contributed by atoms with Crippen LogP contribution >= 0.6 is 0 Å². The zero-order valence-corrected chi connectivity index (χ0v) is 9.77. The highest BCUT2D eigenvalue weighted by Crippen LogP contribution is 2.29. The van der Waals surface area contributed by atoms with Crippen molar-refractivity contribution in [1.82, 2.24) is 9.97 Å². The molecule has 0 spiro atoms. The Hall–Kier alpha value is -2.36. The van der Waals surface area contributed by atoms with Gasteiger partial charge in [-0.25, -0.2) is 9.37 Å². The van der Waals surface area contributed by atoms with Gasteiger partial charge in [0, 0.05) is 6.07 Å². The Kier molecular flexibility index (Phi) is 2.48. The molecule has 0 bridgehead atoms. The molecule has 0 saturated carbocycles. The molecule has 0 saturated heterocycles. The van der Waals surface area contributed by atoms with Crippen LogP contribution in [0.3, 0.4) is 0 Å². The van der Waals surface area contributed by atoms with Gasteiger partial charge in [-0.3, -0.25) is 0 Å². The van der Waals surface area contributed by atoms with E-state index in [4.69, 9.17) is 4.74 Å². The molecule has 0 atom stereocenters. The third-order valence-corrected chi connectivity index (χ3v) is 2.81. The highest BCUT2D eigenvalue weighted by Gasteiger charge is 2.11. The molecule has 3 nitrogen and oxygen atoms in total. The van der Waals surface area contributed by atoms with Gasteiger partial charge in [-0.2, -0.15) is 0 Å².